The van der Waals surface area contributed by atoms with E-state index in [1.165, 1.54) is 19.3 Å². The molecule has 2 saturated heterocycles. The van der Waals surface area contributed by atoms with Crippen molar-refractivity contribution in [2.45, 2.75) is 64.0 Å². The second kappa shape index (κ2) is 10.6. The fourth-order valence-electron chi connectivity index (χ4n) is 4.86. The maximum Gasteiger partial charge on any atom is 0.253 e. The number of ether oxygens (including phenoxy) is 1. The van der Waals surface area contributed by atoms with E-state index in [9.17, 15) is 9.59 Å². The van der Waals surface area contributed by atoms with Crippen molar-refractivity contribution < 1.29 is 14.3 Å². The Morgan fingerprint density at radius 3 is 2.58 bits per heavy atom. The van der Waals surface area contributed by atoms with Gasteiger partial charge in [0.15, 0.2) is 0 Å². The van der Waals surface area contributed by atoms with Gasteiger partial charge in [-0.05, 0) is 63.5 Å². The molecule has 2 atom stereocenters. The van der Waals surface area contributed by atoms with E-state index in [1.807, 2.05) is 19.1 Å². The van der Waals surface area contributed by atoms with Crippen LogP contribution < -0.4 is 10.6 Å². The zero-order chi connectivity index (χ0) is 21.6. The number of carbonyl (C=O) groups excluding carboxylic acids is 2. The Morgan fingerprint density at radius 2 is 1.90 bits per heavy atom. The molecule has 0 bridgehead atoms. The molecule has 1 aliphatic carbocycles. The summed E-state index contributed by atoms with van der Waals surface area (Å²) in [6.07, 6.45) is 8.98. The predicted octanol–water partition coefficient (Wildman–Crippen LogP) is 2.30. The summed E-state index contributed by atoms with van der Waals surface area (Å²) >= 11 is 0. The Kier molecular flexibility index (Phi) is 7.56. The molecule has 1 aromatic rings. The lowest BCUT2D eigenvalue weighted by Gasteiger charge is -2.36. The first-order valence-electron chi connectivity index (χ1n) is 11.9. The van der Waals surface area contributed by atoms with Gasteiger partial charge in [0, 0.05) is 56.8 Å². The number of rotatable bonds is 6. The van der Waals surface area contributed by atoms with Gasteiger partial charge in [-0.15, -0.1) is 0 Å². The fourth-order valence-corrected chi connectivity index (χ4v) is 4.86. The third-order valence-corrected chi connectivity index (χ3v) is 7.15. The first-order chi connectivity index (χ1) is 15.1. The molecule has 0 radical (unpaired) electrons. The summed E-state index contributed by atoms with van der Waals surface area (Å²) in [5.74, 6) is 0.735. The standard InChI is InChI=1S/C24H36N4O3/c1-17-5-6-19(14-25-17)24(30)27-21-8-7-20(23(29)26-13-18-3-2-4-18)15-28(16-21)22-9-11-31-12-10-22/h5-6,14,18,20-22H,2-4,7-13,15-16H2,1H3,(H,26,29)(H,27,30)/t20-,21+/m1/s1. The van der Waals surface area contributed by atoms with Crippen molar-refractivity contribution in [1.82, 2.24) is 20.5 Å². The number of hydrogen-bond donors (Lipinski definition) is 2. The van der Waals surface area contributed by atoms with E-state index in [4.69, 9.17) is 4.74 Å². The molecule has 7 nitrogen and oxygen atoms in total. The van der Waals surface area contributed by atoms with Crippen LogP contribution in [0.15, 0.2) is 18.3 Å². The molecule has 31 heavy (non-hydrogen) atoms. The van der Waals surface area contributed by atoms with Gasteiger partial charge < -0.3 is 15.4 Å². The molecule has 0 spiro atoms. The monoisotopic (exact) mass is 428 g/mol. The van der Waals surface area contributed by atoms with Crippen LogP contribution in [-0.2, 0) is 9.53 Å². The summed E-state index contributed by atoms with van der Waals surface area (Å²) in [7, 11) is 0. The van der Waals surface area contributed by atoms with Crippen LogP contribution in [0.1, 0.15) is 61.0 Å². The van der Waals surface area contributed by atoms with E-state index in [2.05, 4.69) is 20.5 Å². The van der Waals surface area contributed by atoms with Gasteiger partial charge in [0.25, 0.3) is 5.91 Å². The molecule has 3 heterocycles. The van der Waals surface area contributed by atoms with Crippen molar-refractivity contribution in [3.63, 3.8) is 0 Å². The summed E-state index contributed by atoms with van der Waals surface area (Å²) in [4.78, 5) is 32.4. The molecule has 2 amide bonds. The van der Waals surface area contributed by atoms with Crippen LogP contribution in [0.25, 0.3) is 0 Å². The lowest BCUT2D eigenvalue weighted by molar-refractivity contribution is -0.126. The van der Waals surface area contributed by atoms with E-state index >= 15 is 0 Å². The quantitative estimate of drug-likeness (QED) is 0.726. The lowest BCUT2D eigenvalue weighted by atomic mass is 9.85. The van der Waals surface area contributed by atoms with Crippen LogP contribution in [-0.4, -0.2) is 66.6 Å². The molecular formula is C24H36N4O3. The van der Waals surface area contributed by atoms with Gasteiger partial charge in [-0.2, -0.15) is 0 Å². The molecule has 0 aromatic carbocycles. The number of amides is 2. The highest BCUT2D eigenvalue weighted by Crippen LogP contribution is 2.26. The minimum absolute atomic E-state index is 0.0223. The van der Waals surface area contributed by atoms with Gasteiger partial charge >= 0.3 is 0 Å². The third-order valence-electron chi connectivity index (χ3n) is 7.15. The van der Waals surface area contributed by atoms with Crippen molar-refractivity contribution in [2.24, 2.45) is 11.8 Å². The number of aryl methyl sites for hydroxylation is 1. The van der Waals surface area contributed by atoms with Crippen LogP contribution in [0.4, 0.5) is 0 Å². The molecule has 4 rings (SSSR count). The molecule has 7 heteroatoms. The first kappa shape index (κ1) is 22.2. The zero-order valence-corrected chi connectivity index (χ0v) is 18.6. The SMILES string of the molecule is Cc1ccc(C(=O)N[C@H]2CC[C@@H](C(=O)NCC3CCC3)CN(C3CCOCC3)C2)cn1. The molecule has 1 saturated carbocycles. The van der Waals surface area contributed by atoms with Gasteiger partial charge in [0.1, 0.15) is 0 Å². The molecular weight excluding hydrogens is 392 g/mol. The number of pyridine rings is 1. The number of hydrogen-bond acceptors (Lipinski definition) is 5. The average molecular weight is 429 g/mol. The summed E-state index contributed by atoms with van der Waals surface area (Å²) in [6, 6.07) is 4.12. The minimum Gasteiger partial charge on any atom is -0.381 e. The average Bonchev–Trinajstić information content (AvgIpc) is 2.96. The Balaban J connectivity index is 1.40. The maximum absolute atomic E-state index is 12.9. The molecule has 0 unspecified atom stereocenters. The van der Waals surface area contributed by atoms with Gasteiger partial charge in [0.05, 0.1) is 11.5 Å². The smallest absolute Gasteiger partial charge is 0.253 e. The van der Waals surface area contributed by atoms with E-state index in [0.717, 1.165) is 64.2 Å². The highest BCUT2D eigenvalue weighted by atomic mass is 16.5. The Labute approximate surface area is 185 Å². The Hall–Kier alpha value is -1.99. The molecule has 2 N–H and O–H groups in total. The highest BCUT2D eigenvalue weighted by molar-refractivity contribution is 5.94. The molecule has 3 aliphatic rings. The lowest BCUT2D eigenvalue weighted by Crippen LogP contribution is -2.49. The largest absolute Gasteiger partial charge is 0.381 e. The summed E-state index contributed by atoms with van der Waals surface area (Å²) in [6.45, 7) is 5.81. The number of aromatic nitrogens is 1. The molecule has 3 fully saturated rings. The number of likely N-dealkylation sites (tertiary alicyclic amines) is 1. The van der Waals surface area contributed by atoms with Crippen LogP contribution in [0.2, 0.25) is 0 Å². The van der Waals surface area contributed by atoms with E-state index in [1.54, 1.807) is 6.20 Å². The van der Waals surface area contributed by atoms with Crippen LogP contribution in [0.3, 0.4) is 0 Å². The predicted molar refractivity (Wildman–Crippen MR) is 119 cm³/mol. The third kappa shape index (κ3) is 6.04. The van der Waals surface area contributed by atoms with Gasteiger partial charge in [-0.1, -0.05) is 6.42 Å². The number of nitrogens with one attached hydrogen (secondary N) is 2. The number of nitrogens with zero attached hydrogens (tertiary/aromatic N) is 2. The Bertz CT molecular complexity index is 744. The number of carbonyl (C=O) groups is 2. The van der Waals surface area contributed by atoms with E-state index in [0.29, 0.717) is 17.5 Å². The highest BCUT2D eigenvalue weighted by Gasteiger charge is 2.33. The van der Waals surface area contributed by atoms with Crippen LogP contribution in [0.5, 0.6) is 0 Å². The van der Waals surface area contributed by atoms with Crippen LogP contribution in [0, 0.1) is 18.8 Å². The summed E-state index contributed by atoms with van der Waals surface area (Å²) in [5.41, 5.74) is 1.48. The van der Waals surface area contributed by atoms with Crippen molar-refractivity contribution in [3.05, 3.63) is 29.6 Å². The zero-order valence-electron chi connectivity index (χ0n) is 18.6. The fraction of sp³-hybridized carbons (Fsp3) is 0.708. The van der Waals surface area contributed by atoms with Crippen molar-refractivity contribution in [1.29, 1.82) is 0 Å². The van der Waals surface area contributed by atoms with E-state index in [-0.39, 0.29) is 23.8 Å². The summed E-state index contributed by atoms with van der Waals surface area (Å²) < 4.78 is 5.56. The van der Waals surface area contributed by atoms with Gasteiger partial charge in [-0.3, -0.25) is 19.5 Å². The van der Waals surface area contributed by atoms with Crippen molar-refractivity contribution in [2.75, 3.05) is 32.8 Å². The van der Waals surface area contributed by atoms with Crippen LogP contribution >= 0.6 is 0 Å². The van der Waals surface area contributed by atoms with Gasteiger partial charge in [-0.25, -0.2) is 0 Å². The van der Waals surface area contributed by atoms with Crippen molar-refractivity contribution in [3.8, 4) is 0 Å². The second-order valence-electron chi connectivity index (χ2n) is 9.47. The van der Waals surface area contributed by atoms with Gasteiger partial charge in [0.2, 0.25) is 5.91 Å². The minimum atomic E-state index is -0.0858. The normalized spacial score (nSPS) is 26.0. The van der Waals surface area contributed by atoms with Crippen molar-refractivity contribution >= 4 is 11.8 Å². The topological polar surface area (TPSA) is 83.6 Å². The molecule has 2 aliphatic heterocycles. The van der Waals surface area contributed by atoms with E-state index < -0.39 is 0 Å². The second-order valence-corrected chi connectivity index (χ2v) is 9.47. The first-order valence-corrected chi connectivity index (χ1v) is 11.9. The molecule has 170 valence electrons. The Morgan fingerprint density at radius 1 is 1.10 bits per heavy atom. The maximum atomic E-state index is 12.9. The summed E-state index contributed by atoms with van der Waals surface area (Å²) in [5, 5.41) is 6.41. The molecule has 1 aromatic heterocycles.